The molecule has 0 amide bonds. The van der Waals surface area contributed by atoms with Gasteiger partial charge in [-0.15, -0.1) is 0 Å². The van der Waals surface area contributed by atoms with Crippen LogP contribution in [0.15, 0.2) is 0 Å². The third kappa shape index (κ3) is 1.52. The second-order valence-corrected chi connectivity index (χ2v) is 5.71. The molecule has 1 nitrogen and oxygen atoms in total. The molecule has 3 aliphatic carbocycles. The van der Waals surface area contributed by atoms with Crippen LogP contribution in [0, 0.1) is 11.3 Å². The van der Waals surface area contributed by atoms with E-state index in [0.717, 1.165) is 25.2 Å². The van der Waals surface area contributed by atoms with Crippen LogP contribution in [0.5, 0.6) is 0 Å². The lowest BCUT2D eigenvalue weighted by atomic mass is 9.79. The van der Waals surface area contributed by atoms with Crippen LogP contribution in [0.2, 0.25) is 0 Å². The van der Waals surface area contributed by atoms with Crippen molar-refractivity contribution in [2.24, 2.45) is 11.3 Å². The molecule has 0 saturated heterocycles. The molecule has 70 valence electrons. The van der Waals surface area contributed by atoms with Gasteiger partial charge in [0.1, 0.15) is 0 Å². The molecule has 0 spiro atoms. The molecule has 1 N–H and O–H groups in total. The van der Waals surface area contributed by atoms with Crippen molar-refractivity contribution in [1.29, 1.82) is 0 Å². The first kappa shape index (κ1) is 8.55. The molecule has 12 heavy (non-hydrogen) atoms. The van der Waals surface area contributed by atoms with Crippen LogP contribution in [-0.2, 0) is 0 Å². The summed E-state index contributed by atoms with van der Waals surface area (Å²) in [6, 6.07) is 0. The molecule has 0 atom stereocenters. The Hall–Kier alpha value is -0.0400. The fourth-order valence-electron chi connectivity index (χ4n) is 3.34. The molecule has 0 aromatic rings. The fourth-order valence-corrected chi connectivity index (χ4v) is 3.34. The van der Waals surface area contributed by atoms with E-state index in [1.807, 2.05) is 0 Å². The maximum atomic E-state index is 10.2. The average Bonchev–Trinajstić information content (AvgIpc) is 2.09. The summed E-state index contributed by atoms with van der Waals surface area (Å²) in [6.07, 6.45) is 6.99. The molecule has 0 aliphatic heterocycles. The Kier molecular flexibility index (Phi) is 1.76. The quantitative estimate of drug-likeness (QED) is 0.589. The monoisotopic (exact) mass is 168 g/mol. The van der Waals surface area contributed by atoms with E-state index in [2.05, 4.69) is 13.8 Å². The third-order valence-electron chi connectivity index (χ3n) is 3.68. The maximum absolute atomic E-state index is 10.2. The Balaban J connectivity index is 2.21. The lowest BCUT2D eigenvalue weighted by Gasteiger charge is -2.33. The smallest absolute Gasteiger partial charge is 0.0653 e. The van der Waals surface area contributed by atoms with E-state index in [9.17, 15) is 5.11 Å². The summed E-state index contributed by atoms with van der Waals surface area (Å²) in [5.74, 6) is 0.905. The third-order valence-corrected chi connectivity index (χ3v) is 3.68. The van der Waals surface area contributed by atoms with Crippen LogP contribution in [0.1, 0.15) is 52.4 Å². The summed E-state index contributed by atoms with van der Waals surface area (Å²) in [5.41, 5.74) is 0.0862. The van der Waals surface area contributed by atoms with Crippen molar-refractivity contribution in [1.82, 2.24) is 0 Å². The van der Waals surface area contributed by atoms with Gasteiger partial charge in [-0.3, -0.25) is 0 Å². The van der Waals surface area contributed by atoms with E-state index in [4.69, 9.17) is 0 Å². The molecule has 0 aromatic heterocycles. The zero-order chi connectivity index (χ0) is 8.82. The number of rotatable bonds is 0. The van der Waals surface area contributed by atoms with Crippen molar-refractivity contribution in [3.05, 3.63) is 0 Å². The SMILES string of the molecule is CC1(C)CC2CCC(O)(CC2)C1. The summed E-state index contributed by atoms with van der Waals surface area (Å²) < 4.78 is 0. The molecule has 1 heteroatoms. The van der Waals surface area contributed by atoms with Gasteiger partial charge in [-0.05, 0) is 49.9 Å². The van der Waals surface area contributed by atoms with Crippen molar-refractivity contribution in [2.45, 2.75) is 58.0 Å². The fraction of sp³-hybridized carbons (Fsp3) is 1.00. The van der Waals surface area contributed by atoms with Crippen LogP contribution < -0.4 is 0 Å². The lowest BCUT2D eigenvalue weighted by molar-refractivity contribution is -0.0161. The Bertz CT molecular complexity index is 175. The van der Waals surface area contributed by atoms with E-state index in [-0.39, 0.29) is 5.60 Å². The molecule has 3 fully saturated rings. The average molecular weight is 168 g/mol. The van der Waals surface area contributed by atoms with Crippen LogP contribution >= 0.6 is 0 Å². The standard InChI is InChI=1S/C11H20O/c1-10(2)7-9-3-5-11(12,8-10)6-4-9/h9,12H,3-8H2,1-2H3. The second-order valence-electron chi connectivity index (χ2n) is 5.71. The van der Waals surface area contributed by atoms with E-state index in [1.165, 1.54) is 19.3 Å². The van der Waals surface area contributed by atoms with E-state index < -0.39 is 0 Å². The predicted octanol–water partition coefficient (Wildman–Crippen LogP) is 2.73. The van der Waals surface area contributed by atoms with Gasteiger partial charge in [-0.1, -0.05) is 13.8 Å². The molecular weight excluding hydrogens is 148 g/mol. The van der Waals surface area contributed by atoms with Gasteiger partial charge in [0, 0.05) is 0 Å². The normalized spacial score (nSPS) is 45.8. The van der Waals surface area contributed by atoms with E-state index in [0.29, 0.717) is 5.41 Å². The van der Waals surface area contributed by atoms with Gasteiger partial charge < -0.3 is 5.11 Å². The van der Waals surface area contributed by atoms with E-state index in [1.54, 1.807) is 0 Å². The van der Waals surface area contributed by atoms with Crippen molar-refractivity contribution in [3.63, 3.8) is 0 Å². The summed E-state index contributed by atoms with van der Waals surface area (Å²) in [4.78, 5) is 0. The van der Waals surface area contributed by atoms with Gasteiger partial charge in [0.15, 0.2) is 0 Å². The van der Waals surface area contributed by atoms with Crippen LogP contribution in [-0.4, -0.2) is 10.7 Å². The summed E-state index contributed by atoms with van der Waals surface area (Å²) in [6.45, 7) is 4.61. The Labute approximate surface area is 75.2 Å². The number of hydrogen-bond acceptors (Lipinski definition) is 1. The first-order chi connectivity index (χ1) is 5.49. The highest BCUT2D eigenvalue weighted by molar-refractivity contribution is 4.95. The van der Waals surface area contributed by atoms with Crippen LogP contribution in [0.3, 0.4) is 0 Å². The summed E-state index contributed by atoms with van der Waals surface area (Å²) in [7, 11) is 0. The minimum atomic E-state index is -0.295. The van der Waals surface area contributed by atoms with Crippen molar-refractivity contribution in [2.75, 3.05) is 0 Å². The molecule has 0 aromatic carbocycles. The Morgan fingerprint density at radius 1 is 1.17 bits per heavy atom. The van der Waals surface area contributed by atoms with Crippen molar-refractivity contribution < 1.29 is 5.11 Å². The number of aliphatic hydroxyl groups is 1. The van der Waals surface area contributed by atoms with Crippen LogP contribution in [0.4, 0.5) is 0 Å². The highest BCUT2D eigenvalue weighted by atomic mass is 16.3. The van der Waals surface area contributed by atoms with Crippen LogP contribution in [0.25, 0.3) is 0 Å². The maximum Gasteiger partial charge on any atom is 0.0653 e. The number of hydrogen-bond donors (Lipinski definition) is 1. The number of fused-ring (bicyclic) bond motifs is 4. The largest absolute Gasteiger partial charge is 0.390 e. The zero-order valence-corrected chi connectivity index (χ0v) is 8.27. The molecule has 3 rings (SSSR count). The molecule has 3 aliphatic rings. The predicted molar refractivity (Wildman–Crippen MR) is 49.9 cm³/mol. The first-order valence-electron chi connectivity index (χ1n) is 5.22. The minimum absolute atomic E-state index is 0.295. The zero-order valence-electron chi connectivity index (χ0n) is 8.27. The first-order valence-corrected chi connectivity index (χ1v) is 5.22. The molecule has 3 saturated carbocycles. The topological polar surface area (TPSA) is 20.2 Å². The van der Waals surface area contributed by atoms with Gasteiger partial charge in [-0.25, -0.2) is 0 Å². The Morgan fingerprint density at radius 3 is 2.33 bits per heavy atom. The van der Waals surface area contributed by atoms with E-state index >= 15 is 0 Å². The highest BCUT2D eigenvalue weighted by Gasteiger charge is 2.43. The lowest BCUT2D eigenvalue weighted by Crippen LogP contribution is -2.33. The van der Waals surface area contributed by atoms with Gasteiger partial charge in [0.25, 0.3) is 0 Å². The molecule has 0 heterocycles. The van der Waals surface area contributed by atoms with Gasteiger partial charge in [0.05, 0.1) is 5.60 Å². The molecule has 2 bridgehead atoms. The van der Waals surface area contributed by atoms with Crippen molar-refractivity contribution >= 4 is 0 Å². The highest BCUT2D eigenvalue weighted by Crippen LogP contribution is 2.49. The molecular formula is C11H20O. The Morgan fingerprint density at radius 2 is 1.75 bits per heavy atom. The second kappa shape index (κ2) is 2.47. The summed E-state index contributed by atoms with van der Waals surface area (Å²) in [5, 5.41) is 10.2. The summed E-state index contributed by atoms with van der Waals surface area (Å²) >= 11 is 0. The van der Waals surface area contributed by atoms with Gasteiger partial charge in [0.2, 0.25) is 0 Å². The van der Waals surface area contributed by atoms with Gasteiger partial charge in [-0.2, -0.15) is 0 Å². The molecule has 0 radical (unpaired) electrons. The molecule has 0 unspecified atom stereocenters. The van der Waals surface area contributed by atoms with Gasteiger partial charge >= 0.3 is 0 Å². The minimum Gasteiger partial charge on any atom is -0.390 e. The van der Waals surface area contributed by atoms with Crippen molar-refractivity contribution in [3.8, 4) is 0 Å².